The molecule has 1 amide bonds. The van der Waals surface area contributed by atoms with Crippen LogP contribution in [0.1, 0.15) is 30.0 Å². The predicted molar refractivity (Wildman–Crippen MR) is 87.0 cm³/mol. The van der Waals surface area contributed by atoms with Crippen LogP contribution in [-0.4, -0.2) is 17.5 Å². The molecule has 0 aliphatic carbocycles. The molecule has 1 heterocycles. The first-order chi connectivity index (χ1) is 11.9. The predicted octanol–water partition coefficient (Wildman–Crippen LogP) is 3.75. The Hall–Kier alpha value is -2.57. The number of pyridine rings is 1. The molecule has 4 nitrogen and oxygen atoms in total. The van der Waals surface area contributed by atoms with Crippen LogP contribution in [0.3, 0.4) is 0 Å². The van der Waals surface area contributed by atoms with Gasteiger partial charge in [0.2, 0.25) is 11.8 Å². The molecule has 1 aromatic carbocycles. The topological polar surface area (TPSA) is 51.2 Å². The lowest BCUT2D eigenvalue weighted by molar-refractivity contribution is -0.138. The Bertz CT molecular complexity index is 717. The number of hydrogen-bond donors (Lipinski definition) is 1. The van der Waals surface area contributed by atoms with Crippen LogP contribution in [-0.2, 0) is 23.9 Å². The number of aromatic nitrogens is 1. The molecule has 25 heavy (non-hydrogen) atoms. The standard InChI is InChI=1S/C18H19F3N2O2/c1-2-9-25-17-10-13(7-8-22-17)12-23-16(24)11-14-5-3-4-6-15(14)18(19,20)21/h3-8,10H,2,9,11-12H2,1H3,(H,23,24). The fraction of sp³-hybridized carbons (Fsp3) is 0.333. The van der Waals surface area contributed by atoms with Crippen molar-refractivity contribution in [2.24, 2.45) is 0 Å². The van der Waals surface area contributed by atoms with Crippen LogP contribution < -0.4 is 10.1 Å². The lowest BCUT2D eigenvalue weighted by Crippen LogP contribution is -2.25. The van der Waals surface area contributed by atoms with Crippen LogP contribution in [0.5, 0.6) is 5.88 Å². The molecule has 0 saturated carbocycles. The maximum absolute atomic E-state index is 12.9. The third-order valence-corrected chi connectivity index (χ3v) is 3.42. The van der Waals surface area contributed by atoms with Gasteiger partial charge in [-0.25, -0.2) is 4.98 Å². The summed E-state index contributed by atoms with van der Waals surface area (Å²) in [5, 5.41) is 2.62. The largest absolute Gasteiger partial charge is 0.478 e. The van der Waals surface area contributed by atoms with Crippen molar-refractivity contribution in [3.8, 4) is 5.88 Å². The summed E-state index contributed by atoms with van der Waals surface area (Å²) in [7, 11) is 0. The van der Waals surface area contributed by atoms with E-state index in [0.717, 1.165) is 18.1 Å². The summed E-state index contributed by atoms with van der Waals surface area (Å²) < 4.78 is 44.2. The molecule has 1 aromatic heterocycles. The van der Waals surface area contributed by atoms with E-state index in [0.29, 0.717) is 12.5 Å². The molecule has 2 aromatic rings. The number of carbonyl (C=O) groups excluding carboxylic acids is 1. The van der Waals surface area contributed by atoms with Crippen LogP contribution in [0.25, 0.3) is 0 Å². The molecular formula is C18H19F3N2O2. The monoisotopic (exact) mass is 352 g/mol. The van der Waals surface area contributed by atoms with Gasteiger partial charge >= 0.3 is 6.18 Å². The lowest BCUT2D eigenvalue weighted by atomic mass is 10.0. The molecule has 0 unspecified atom stereocenters. The van der Waals surface area contributed by atoms with Gasteiger partial charge in [-0.05, 0) is 29.7 Å². The first-order valence-electron chi connectivity index (χ1n) is 7.89. The van der Waals surface area contributed by atoms with Crippen LogP contribution in [0, 0.1) is 0 Å². The maximum Gasteiger partial charge on any atom is 0.416 e. The number of nitrogens with one attached hydrogen (secondary N) is 1. The van der Waals surface area contributed by atoms with E-state index in [2.05, 4.69) is 10.3 Å². The number of ether oxygens (including phenoxy) is 1. The summed E-state index contributed by atoms with van der Waals surface area (Å²) in [6.45, 7) is 2.71. The highest BCUT2D eigenvalue weighted by Gasteiger charge is 2.33. The Morgan fingerprint density at radius 3 is 2.72 bits per heavy atom. The van der Waals surface area contributed by atoms with E-state index < -0.39 is 17.6 Å². The molecule has 0 aliphatic rings. The van der Waals surface area contributed by atoms with Gasteiger partial charge in [0, 0.05) is 18.8 Å². The lowest BCUT2D eigenvalue weighted by Gasteiger charge is -2.12. The average Bonchev–Trinajstić information content (AvgIpc) is 2.58. The van der Waals surface area contributed by atoms with Gasteiger partial charge < -0.3 is 10.1 Å². The van der Waals surface area contributed by atoms with Gasteiger partial charge in [-0.2, -0.15) is 13.2 Å². The van der Waals surface area contributed by atoms with Gasteiger partial charge in [-0.3, -0.25) is 4.79 Å². The number of nitrogens with zero attached hydrogens (tertiary/aromatic N) is 1. The summed E-state index contributed by atoms with van der Waals surface area (Å²) in [5.41, 5.74) is -0.0722. The van der Waals surface area contributed by atoms with Crippen molar-refractivity contribution in [1.82, 2.24) is 10.3 Å². The van der Waals surface area contributed by atoms with Crippen molar-refractivity contribution in [3.05, 3.63) is 59.3 Å². The minimum absolute atomic E-state index is 0.0470. The zero-order valence-corrected chi connectivity index (χ0v) is 13.8. The van der Waals surface area contributed by atoms with Gasteiger partial charge in [0.15, 0.2) is 0 Å². The van der Waals surface area contributed by atoms with E-state index in [-0.39, 0.29) is 18.5 Å². The molecule has 1 N–H and O–H groups in total. The molecule has 0 bridgehead atoms. The minimum Gasteiger partial charge on any atom is -0.478 e. The van der Waals surface area contributed by atoms with Crippen molar-refractivity contribution in [2.45, 2.75) is 32.5 Å². The molecule has 0 radical (unpaired) electrons. The SMILES string of the molecule is CCCOc1cc(CNC(=O)Cc2ccccc2C(F)(F)F)ccn1. The van der Waals surface area contributed by atoms with E-state index in [1.165, 1.54) is 18.2 Å². The summed E-state index contributed by atoms with van der Waals surface area (Å²) in [6, 6.07) is 8.48. The first-order valence-corrected chi connectivity index (χ1v) is 7.89. The van der Waals surface area contributed by atoms with Gasteiger partial charge in [0.05, 0.1) is 18.6 Å². The van der Waals surface area contributed by atoms with E-state index in [1.807, 2.05) is 6.92 Å². The number of hydrogen-bond acceptors (Lipinski definition) is 3. The second-order valence-corrected chi connectivity index (χ2v) is 5.46. The van der Waals surface area contributed by atoms with Gasteiger partial charge in [-0.1, -0.05) is 25.1 Å². The maximum atomic E-state index is 12.9. The molecular weight excluding hydrogens is 333 g/mol. The van der Waals surface area contributed by atoms with Gasteiger partial charge in [0.25, 0.3) is 0 Å². The van der Waals surface area contributed by atoms with Crippen molar-refractivity contribution >= 4 is 5.91 Å². The number of amides is 1. The summed E-state index contributed by atoms with van der Waals surface area (Å²) in [4.78, 5) is 16.0. The van der Waals surface area contributed by atoms with E-state index in [9.17, 15) is 18.0 Å². The summed E-state index contributed by atoms with van der Waals surface area (Å²) in [6.07, 6.45) is -2.40. The van der Waals surface area contributed by atoms with Crippen LogP contribution in [0.15, 0.2) is 42.6 Å². The van der Waals surface area contributed by atoms with Crippen LogP contribution in [0.2, 0.25) is 0 Å². The second kappa shape index (κ2) is 8.50. The van der Waals surface area contributed by atoms with Crippen molar-refractivity contribution < 1.29 is 22.7 Å². The second-order valence-electron chi connectivity index (χ2n) is 5.46. The van der Waals surface area contributed by atoms with Crippen LogP contribution >= 0.6 is 0 Å². The molecule has 0 fully saturated rings. The fourth-order valence-electron chi connectivity index (χ4n) is 2.23. The number of carbonyl (C=O) groups is 1. The number of rotatable bonds is 7. The molecule has 0 saturated heterocycles. The Balaban J connectivity index is 1.96. The van der Waals surface area contributed by atoms with E-state index in [1.54, 1.807) is 18.3 Å². The van der Waals surface area contributed by atoms with Crippen molar-refractivity contribution in [1.29, 1.82) is 0 Å². The fourth-order valence-corrected chi connectivity index (χ4v) is 2.23. The highest BCUT2D eigenvalue weighted by Crippen LogP contribution is 2.31. The Kier molecular flexibility index (Phi) is 6.38. The highest BCUT2D eigenvalue weighted by atomic mass is 19.4. The molecule has 0 aliphatic heterocycles. The van der Waals surface area contributed by atoms with Gasteiger partial charge in [-0.15, -0.1) is 0 Å². The van der Waals surface area contributed by atoms with Gasteiger partial charge in [0.1, 0.15) is 0 Å². The van der Waals surface area contributed by atoms with Crippen molar-refractivity contribution in [3.63, 3.8) is 0 Å². The molecule has 0 atom stereocenters. The molecule has 2 rings (SSSR count). The number of alkyl halides is 3. The number of halogens is 3. The highest BCUT2D eigenvalue weighted by molar-refractivity contribution is 5.79. The minimum atomic E-state index is -4.48. The Morgan fingerprint density at radius 1 is 1.24 bits per heavy atom. The zero-order chi connectivity index (χ0) is 18.3. The van der Waals surface area contributed by atoms with Crippen LogP contribution in [0.4, 0.5) is 13.2 Å². The van der Waals surface area contributed by atoms with Crippen molar-refractivity contribution in [2.75, 3.05) is 6.61 Å². The third-order valence-electron chi connectivity index (χ3n) is 3.42. The Morgan fingerprint density at radius 2 is 2.00 bits per heavy atom. The van der Waals surface area contributed by atoms with E-state index >= 15 is 0 Å². The molecule has 0 spiro atoms. The molecule has 134 valence electrons. The smallest absolute Gasteiger partial charge is 0.416 e. The summed E-state index contributed by atoms with van der Waals surface area (Å²) in [5.74, 6) is -0.0273. The third kappa shape index (κ3) is 5.77. The molecule has 7 heteroatoms. The zero-order valence-electron chi connectivity index (χ0n) is 13.8. The average molecular weight is 352 g/mol. The Labute approximate surface area is 144 Å². The first kappa shape index (κ1) is 18.8. The van der Waals surface area contributed by atoms with E-state index in [4.69, 9.17) is 4.74 Å². The normalized spacial score (nSPS) is 11.2. The quantitative estimate of drug-likeness (QED) is 0.826. The summed E-state index contributed by atoms with van der Waals surface area (Å²) >= 11 is 0. The number of benzene rings is 1.